The summed E-state index contributed by atoms with van der Waals surface area (Å²) in [6.07, 6.45) is 2.26. The van der Waals surface area contributed by atoms with Crippen LogP contribution in [0.5, 0.6) is 0 Å². The largest absolute Gasteiger partial charge is 0.420 e. The quantitative estimate of drug-likeness (QED) is 0.510. The van der Waals surface area contributed by atoms with E-state index in [0.29, 0.717) is 11.8 Å². The normalized spacial score (nSPS) is 10.8. The van der Waals surface area contributed by atoms with Crippen molar-refractivity contribution in [2.24, 2.45) is 0 Å². The van der Waals surface area contributed by atoms with E-state index < -0.39 is 0 Å². The van der Waals surface area contributed by atoms with Crippen molar-refractivity contribution < 1.29 is 4.42 Å². The van der Waals surface area contributed by atoms with Crippen LogP contribution in [0.3, 0.4) is 0 Å². The van der Waals surface area contributed by atoms with E-state index in [4.69, 9.17) is 4.42 Å². The molecule has 118 valence electrons. The molecule has 0 unspecified atom stereocenters. The molecule has 1 aromatic heterocycles. The first kappa shape index (κ1) is 16.3. The summed E-state index contributed by atoms with van der Waals surface area (Å²) in [5, 5.41) is 8.26. The van der Waals surface area contributed by atoms with Crippen LogP contribution in [-0.4, -0.2) is 16.0 Å². The Morgan fingerprint density at radius 3 is 2.57 bits per heavy atom. The third-order valence-corrected chi connectivity index (χ3v) is 5.11. The lowest BCUT2D eigenvalue weighted by atomic mass is 10.1. The molecule has 0 aliphatic heterocycles. The van der Waals surface area contributed by atoms with Crippen LogP contribution in [0.2, 0.25) is 0 Å². The van der Waals surface area contributed by atoms with Gasteiger partial charge >= 0.3 is 0 Å². The van der Waals surface area contributed by atoms with Crippen molar-refractivity contribution in [3.63, 3.8) is 0 Å². The van der Waals surface area contributed by atoms with E-state index in [0.717, 1.165) is 34.4 Å². The molecule has 0 spiro atoms. The predicted molar refractivity (Wildman–Crippen MR) is 98.4 cm³/mol. The first-order valence-electron chi connectivity index (χ1n) is 7.52. The molecule has 23 heavy (non-hydrogen) atoms. The number of hydrogen-bond donors (Lipinski definition) is 0. The van der Waals surface area contributed by atoms with Gasteiger partial charge in [-0.05, 0) is 52.2 Å². The standard InChI is InChI=1S/C18H17BrN2OS/c19-16-11-5-4-10-15(16)18-21-20-17(22-18)13-23-12-6-9-14-7-2-1-3-8-14/h1-5,7-8,10-11H,6,9,12-13H2. The van der Waals surface area contributed by atoms with Crippen molar-refractivity contribution in [1.29, 1.82) is 0 Å². The summed E-state index contributed by atoms with van der Waals surface area (Å²) in [7, 11) is 0. The number of aromatic nitrogens is 2. The van der Waals surface area contributed by atoms with Gasteiger partial charge in [-0.3, -0.25) is 0 Å². The van der Waals surface area contributed by atoms with Crippen LogP contribution < -0.4 is 0 Å². The van der Waals surface area contributed by atoms with Crippen LogP contribution in [-0.2, 0) is 12.2 Å². The van der Waals surface area contributed by atoms with Crippen molar-refractivity contribution in [1.82, 2.24) is 10.2 Å². The van der Waals surface area contributed by atoms with E-state index in [1.54, 1.807) is 0 Å². The number of rotatable bonds is 7. The Morgan fingerprint density at radius 1 is 0.957 bits per heavy atom. The lowest BCUT2D eigenvalue weighted by Crippen LogP contribution is -1.88. The van der Waals surface area contributed by atoms with Gasteiger partial charge in [0.25, 0.3) is 0 Å². The number of aryl methyl sites for hydroxylation is 1. The van der Waals surface area contributed by atoms with Gasteiger partial charge in [0.05, 0.1) is 11.3 Å². The van der Waals surface area contributed by atoms with E-state index in [1.165, 1.54) is 5.56 Å². The molecule has 0 radical (unpaired) electrons. The molecule has 0 fully saturated rings. The Labute approximate surface area is 148 Å². The molecule has 0 atom stereocenters. The number of halogens is 1. The maximum atomic E-state index is 5.74. The highest BCUT2D eigenvalue weighted by atomic mass is 79.9. The van der Waals surface area contributed by atoms with Crippen LogP contribution >= 0.6 is 27.7 Å². The molecule has 0 N–H and O–H groups in total. The molecule has 0 amide bonds. The van der Waals surface area contributed by atoms with Gasteiger partial charge in [-0.2, -0.15) is 11.8 Å². The summed E-state index contributed by atoms with van der Waals surface area (Å²) in [5.74, 6) is 3.09. The summed E-state index contributed by atoms with van der Waals surface area (Å²) in [4.78, 5) is 0. The molecule has 0 saturated carbocycles. The Bertz CT molecular complexity index is 746. The molecule has 3 aromatic rings. The number of benzene rings is 2. The number of hydrogen-bond acceptors (Lipinski definition) is 4. The summed E-state index contributed by atoms with van der Waals surface area (Å²) >= 11 is 5.33. The van der Waals surface area contributed by atoms with Gasteiger partial charge in [0, 0.05) is 4.47 Å². The Kier molecular flexibility index (Phi) is 5.88. The Morgan fingerprint density at radius 2 is 1.74 bits per heavy atom. The summed E-state index contributed by atoms with van der Waals surface area (Å²) in [6, 6.07) is 18.4. The van der Waals surface area contributed by atoms with Gasteiger partial charge < -0.3 is 4.42 Å². The highest BCUT2D eigenvalue weighted by Gasteiger charge is 2.10. The molecule has 0 aliphatic rings. The highest BCUT2D eigenvalue weighted by Crippen LogP contribution is 2.27. The van der Waals surface area contributed by atoms with Crippen molar-refractivity contribution in [3.05, 3.63) is 70.5 Å². The van der Waals surface area contributed by atoms with Gasteiger partial charge in [-0.25, -0.2) is 0 Å². The maximum Gasteiger partial charge on any atom is 0.248 e. The average Bonchev–Trinajstić information content (AvgIpc) is 3.04. The predicted octanol–water partition coefficient (Wildman–Crippen LogP) is 5.37. The molecule has 1 heterocycles. The zero-order valence-corrected chi connectivity index (χ0v) is 15.0. The van der Waals surface area contributed by atoms with Crippen LogP contribution in [0.15, 0.2) is 63.5 Å². The minimum atomic E-state index is 0.567. The molecule has 5 heteroatoms. The second kappa shape index (κ2) is 8.31. The van der Waals surface area contributed by atoms with Crippen molar-refractivity contribution in [2.75, 3.05) is 5.75 Å². The second-order valence-corrected chi connectivity index (χ2v) is 7.08. The molecule has 3 nitrogen and oxygen atoms in total. The highest BCUT2D eigenvalue weighted by molar-refractivity contribution is 9.10. The molecule has 0 aliphatic carbocycles. The first-order chi connectivity index (χ1) is 11.3. The van der Waals surface area contributed by atoms with E-state index in [9.17, 15) is 0 Å². The SMILES string of the molecule is Brc1ccccc1-c1nnc(CSCCCc2ccccc2)o1. The maximum absolute atomic E-state index is 5.74. The van der Waals surface area contributed by atoms with Gasteiger partial charge in [0.2, 0.25) is 11.8 Å². The zero-order valence-electron chi connectivity index (χ0n) is 12.6. The molecule has 3 rings (SSSR count). The fourth-order valence-corrected chi connectivity index (χ4v) is 3.48. The molecule has 0 saturated heterocycles. The summed E-state index contributed by atoms with van der Waals surface area (Å²) in [5.41, 5.74) is 2.32. The summed E-state index contributed by atoms with van der Waals surface area (Å²) < 4.78 is 6.71. The topological polar surface area (TPSA) is 38.9 Å². The van der Waals surface area contributed by atoms with Gasteiger partial charge in [0.15, 0.2) is 0 Å². The molecular weight excluding hydrogens is 372 g/mol. The van der Waals surface area contributed by atoms with E-state index in [-0.39, 0.29) is 0 Å². The van der Waals surface area contributed by atoms with Gasteiger partial charge in [-0.15, -0.1) is 10.2 Å². The minimum Gasteiger partial charge on any atom is -0.420 e. The number of thioether (sulfide) groups is 1. The van der Waals surface area contributed by atoms with Gasteiger partial charge in [0.1, 0.15) is 0 Å². The molecular formula is C18H17BrN2OS. The van der Waals surface area contributed by atoms with Crippen molar-refractivity contribution in [3.8, 4) is 11.5 Å². The molecule has 0 bridgehead atoms. The zero-order chi connectivity index (χ0) is 15.9. The smallest absolute Gasteiger partial charge is 0.248 e. The van der Waals surface area contributed by atoms with Crippen molar-refractivity contribution in [2.45, 2.75) is 18.6 Å². The minimum absolute atomic E-state index is 0.567. The third kappa shape index (κ3) is 4.69. The first-order valence-corrected chi connectivity index (χ1v) is 9.46. The fraction of sp³-hybridized carbons (Fsp3) is 0.222. The monoisotopic (exact) mass is 388 g/mol. The van der Waals surface area contributed by atoms with Crippen LogP contribution in [0, 0.1) is 0 Å². The van der Waals surface area contributed by atoms with Crippen LogP contribution in [0.1, 0.15) is 17.9 Å². The van der Waals surface area contributed by atoms with Crippen LogP contribution in [0.25, 0.3) is 11.5 Å². The van der Waals surface area contributed by atoms with Crippen molar-refractivity contribution >= 4 is 27.7 Å². The Balaban J connectivity index is 1.46. The lowest BCUT2D eigenvalue weighted by molar-refractivity contribution is 0.528. The third-order valence-electron chi connectivity index (χ3n) is 3.39. The second-order valence-electron chi connectivity index (χ2n) is 5.12. The van der Waals surface area contributed by atoms with E-state index in [1.807, 2.05) is 36.0 Å². The average molecular weight is 389 g/mol. The lowest BCUT2D eigenvalue weighted by Gasteiger charge is -2.00. The fourth-order valence-electron chi connectivity index (χ4n) is 2.24. The van der Waals surface area contributed by atoms with Gasteiger partial charge in [-0.1, -0.05) is 42.5 Å². The van der Waals surface area contributed by atoms with Crippen LogP contribution in [0.4, 0.5) is 0 Å². The van der Waals surface area contributed by atoms with E-state index >= 15 is 0 Å². The summed E-state index contributed by atoms with van der Waals surface area (Å²) in [6.45, 7) is 0. The van der Waals surface area contributed by atoms with E-state index in [2.05, 4.69) is 56.5 Å². The number of nitrogens with zero attached hydrogens (tertiary/aromatic N) is 2. The Hall–Kier alpha value is -1.59. The molecule has 2 aromatic carbocycles.